The van der Waals surface area contributed by atoms with Gasteiger partial charge in [-0.3, -0.25) is 0 Å². The molecule has 1 rings (SSSR count). The number of sulfone groups is 1. The zero-order chi connectivity index (χ0) is 12.6. The van der Waals surface area contributed by atoms with E-state index in [2.05, 4.69) is 0 Å². The number of halogens is 3. The molecule has 0 radical (unpaired) electrons. The molecule has 0 aliphatic rings. The van der Waals surface area contributed by atoms with Crippen molar-refractivity contribution in [1.29, 1.82) is 0 Å². The van der Waals surface area contributed by atoms with Crippen LogP contribution in [0.3, 0.4) is 0 Å². The number of hydrogen-bond donors (Lipinski definition) is 1. The highest BCUT2D eigenvalue weighted by molar-refractivity contribution is 14.1. The first-order valence-electron chi connectivity index (χ1n) is 4.18. The number of alkyl halides is 2. The molecule has 0 spiro atoms. The van der Waals surface area contributed by atoms with E-state index < -0.39 is 24.0 Å². The van der Waals surface area contributed by atoms with Crippen LogP contribution in [0.1, 0.15) is 11.7 Å². The molecule has 1 N–H and O–H groups in total. The van der Waals surface area contributed by atoms with E-state index in [0.717, 1.165) is 12.3 Å². The molecule has 0 aliphatic carbocycles. The molecule has 2 unspecified atom stereocenters. The third kappa shape index (κ3) is 2.66. The maximum Gasteiger partial charge on any atom is 0.225 e. The van der Waals surface area contributed by atoms with Gasteiger partial charge >= 0.3 is 0 Å². The lowest BCUT2D eigenvalue weighted by atomic mass is 10.1. The van der Waals surface area contributed by atoms with E-state index in [0.29, 0.717) is 0 Å². The predicted molar refractivity (Wildman–Crippen MR) is 68.8 cm³/mol. The fourth-order valence-electron chi connectivity index (χ4n) is 1.08. The van der Waals surface area contributed by atoms with Gasteiger partial charge in [-0.2, -0.15) is 0 Å². The largest absolute Gasteiger partial charge is 0.384 e. The monoisotopic (exact) mass is 378 g/mol. The average molecular weight is 379 g/mol. The second-order valence-corrected chi connectivity index (χ2v) is 9.34. The minimum Gasteiger partial charge on any atom is -0.384 e. The summed E-state index contributed by atoms with van der Waals surface area (Å²) in [5, 5.41) is 9.81. The average Bonchev–Trinajstić information content (AvgIpc) is 2.15. The van der Waals surface area contributed by atoms with Crippen molar-refractivity contribution in [3.05, 3.63) is 35.6 Å². The molecule has 16 heavy (non-hydrogen) atoms. The lowest BCUT2D eigenvalue weighted by Gasteiger charge is -2.24. The molecule has 0 fully saturated rings. The van der Waals surface area contributed by atoms with E-state index in [9.17, 15) is 17.9 Å². The molecule has 1 aromatic carbocycles. The molecule has 0 amide bonds. The molecule has 0 aliphatic heterocycles. The van der Waals surface area contributed by atoms with Crippen molar-refractivity contribution in [2.45, 2.75) is 8.32 Å². The SMILES string of the molecule is CS(=O)(=O)C(Cl)(I)C(O)c1ccccc1F. The molecule has 1 aromatic rings. The fraction of sp³-hybridized carbons (Fsp3) is 0.333. The minimum absolute atomic E-state index is 0.141. The Balaban J connectivity index is 3.23. The highest BCUT2D eigenvalue weighted by Gasteiger charge is 2.44. The van der Waals surface area contributed by atoms with Crippen molar-refractivity contribution in [3.8, 4) is 0 Å². The fourth-order valence-corrected chi connectivity index (χ4v) is 2.07. The molecule has 3 nitrogen and oxygen atoms in total. The van der Waals surface area contributed by atoms with Crippen molar-refractivity contribution in [1.82, 2.24) is 0 Å². The van der Waals surface area contributed by atoms with Crippen LogP contribution < -0.4 is 0 Å². The summed E-state index contributed by atoms with van der Waals surface area (Å²) in [6.07, 6.45) is -0.748. The third-order valence-electron chi connectivity index (χ3n) is 2.01. The van der Waals surface area contributed by atoms with Gasteiger partial charge in [0, 0.05) is 11.8 Å². The van der Waals surface area contributed by atoms with Gasteiger partial charge in [0.05, 0.1) is 0 Å². The van der Waals surface area contributed by atoms with Crippen molar-refractivity contribution >= 4 is 44.0 Å². The molecule has 90 valence electrons. The molecular formula is C9H9ClFIO3S. The van der Waals surface area contributed by atoms with Crippen LogP contribution >= 0.6 is 34.2 Å². The minimum atomic E-state index is -3.73. The van der Waals surface area contributed by atoms with Gasteiger partial charge < -0.3 is 5.11 Å². The van der Waals surface area contributed by atoms with Crippen LogP contribution in [0, 0.1) is 5.82 Å². The predicted octanol–water partition coefficient (Wildman–Crippen LogP) is 2.23. The van der Waals surface area contributed by atoms with Gasteiger partial charge in [0.2, 0.25) is 2.21 Å². The van der Waals surface area contributed by atoms with Gasteiger partial charge in [0.25, 0.3) is 0 Å². The van der Waals surface area contributed by atoms with Crippen LogP contribution in [-0.2, 0) is 9.84 Å². The number of aliphatic hydroxyl groups excluding tert-OH is 1. The summed E-state index contributed by atoms with van der Waals surface area (Å²) in [6, 6.07) is 5.36. The Kier molecular flexibility index (Phi) is 4.20. The van der Waals surface area contributed by atoms with Crippen molar-refractivity contribution in [2.24, 2.45) is 0 Å². The lowest BCUT2D eigenvalue weighted by Crippen LogP contribution is -2.32. The first-order chi connectivity index (χ1) is 7.18. The summed E-state index contributed by atoms with van der Waals surface area (Å²) in [5.41, 5.74) is -0.141. The first-order valence-corrected chi connectivity index (χ1v) is 7.52. The Bertz CT molecular complexity index is 489. The summed E-state index contributed by atoms with van der Waals surface area (Å²) in [4.78, 5) is 0. The number of hydrogen-bond acceptors (Lipinski definition) is 3. The Morgan fingerprint density at radius 1 is 1.50 bits per heavy atom. The molecule has 0 saturated carbocycles. The van der Waals surface area contributed by atoms with Crippen LogP contribution in [0.25, 0.3) is 0 Å². The number of rotatable bonds is 3. The Morgan fingerprint density at radius 3 is 2.44 bits per heavy atom. The summed E-state index contributed by atoms with van der Waals surface area (Å²) >= 11 is 7.14. The van der Waals surface area contributed by atoms with Gasteiger partial charge in [0.15, 0.2) is 9.84 Å². The van der Waals surface area contributed by atoms with Gasteiger partial charge in [-0.1, -0.05) is 29.8 Å². The summed E-state index contributed by atoms with van der Waals surface area (Å²) in [6.45, 7) is 0. The van der Waals surface area contributed by atoms with Crippen LogP contribution in [-0.4, -0.2) is 22.0 Å². The van der Waals surface area contributed by atoms with Crippen LogP contribution in [0.5, 0.6) is 0 Å². The quantitative estimate of drug-likeness (QED) is 0.648. The van der Waals surface area contributed by atoms with Crippen molar-refractivity contribution in [3.63, 3.8) is 0 Å². The lowest BCUT2D eigenvalue weighted by molar-refractivity contribution is 0.183. The Labute approximate surface area is 112 Å². The molecule has 0 heterocycles. The maximum absolute atomic E-state index is 13.3. The summed E-state index contributed by atoms with van der Waals surface area (Å²) in [5.74, 6) is -0.694. The van der Waals surface area contributed by atoms with Gasteiger partial charge in [-0.05, 0) is 28.7 Å². The van der Waals surface area contributed by atoms with E-state index in [1.54, 1.807) is 0 Å². The zero-order valence-electron chi connectivity index (χ0n) is 8.19. The Hall–Kier alpha value is 0.0800. The van der Waals surface area contributed by atoms with Gasteiger partial charge in [0.1, 0.15) is 11.9 Å². The van der Waals surface area contributed by atoms with Crippen molar-refractivity contribution < 1.29 is 17.9 Å². The zero-order valence-corrected chi connectivity index (χ0v) is 11.9. The van der Waals surface area contributed by atoms with Crippen LogP contribution in [0.4, 0.5) is 4.39 Å². The number of aliphatic hydroxyl groups is 1. The third-order valence-corrected chi connectivity index (χ3v) is 7.26. The maximum atomic E-state index is 13.3. The van der Waals surface area contributed by atoms with Crippen LogP contribution in [0.2, 0.25) is 0 Å². The van der Waals surface area contributed by atoms with E-state index in [-0.39, 0.29) is 5.56 Å². The standard InChI is InChI=1S/C9H9ClFIO3S/c1-16(14,15)9(10,12)8(13)6-4-2-3-5-7(6)11/h2-5,8,13H,1H3. The second kappa shape index (κ2) is 4.75. The van der Waals surface area contributed by atoms with Gasteiger partial charge in [-0.25, -0.2) is 12.8 Å². The Morgan fingerprint density at radius 2 is 2.00 bits per heavy atom. The molecule has 0 aromatic heterocycles. The van der Waals surface area contributed by atoms with Crippen molar-refractivity contribution in [2.75, 3.05) is 6.26 Å². The highest BCUT2D eigenvalue weighted by Crippen LogP contribution is 2.43. The smallest absolute Gasteiger partial charge is 0.225 e. The van der Waals surface area contributed by atoms with E-state index in [4.69, 9.17) is 11.6 Å². The topological polar surface area (TPSA) is 54.4 Å². The van der Waals surface area contributed by atoms with E-state index >= 15 is 0 Å². The second-order valence-electron chi connectivity index (χ2n) is 3.26. The first kappa shape index (κ1) is 14.1. The summed E-state index contributed by atoms with van der Waals surface area (Å²) in [7, 11) is -3.73. The highest BCUT2D eigenvalue weighted by atomic mass is 127. The summed E-state index contributed by atoms with van der Waals surface area (Å²) < 4.78 is 34.1. The molecule has 0 bridgehead atoms. The molecule has 7 heteroatoms. The molecular weight excluding hydrogens is 370 g/mol. The number of benzene rings is 1. The van der Waals surface area contributed by atoms with E-state index in [1.165, 1.54) is 40.8 Å². The normalized spacial score (nSPS) is 17.8. The molecule has 2 atom stereocenters. The van der Waals surface area contributed by atoms with Crippen LogP contribution in [0.15, 0.2) is 24.3 Å². The van der Waals surface area contributed by atoms with E-state index in [1.807, 2.05) is 0 Å². The molecule has 0 saturated heterocycles. The van der Waals surface area contributed by atoms with Gasteiger partial charge in [-0.15, -0.1) is 0 Å².